The molecule has 1 aromatic heterocycles. The lowest BCUT2D eigenvalue weighted by Gasteiger charge is -2.24. The van der Waals surface area contributed by atoms with E-state index in [0.717, 1.165) is 17.1 Å². The molecule has 36 heavy (non-hydrogen) atoms. The summed E-state index contributed by atoms with van der Waals surface area (Å²) in [4.78, 5) is 49.5. The number of nitrogens with zero attached hydrogens (tertiary/aromatic N) is 3. The summed E-state index contributed by atoms with van der Waals surface area (Å²) in [6, 6.07) is 9.42. The number of anilines is 1. The molecule has 1 aliphatic heterocycles. The van der Waals surface area contributed by atoms with Crippen LogP contribution in [0.2, 0.25) is 0 Å². The first-order chi connectivity index (χ1) is 17.2. The Morgan fingerprint density at radius 1 is 1.17 bits per heavy atom. The molecule has 4 rings (SSSR count). The zero-order chi connectivity index (χ0) is 26.0. The van der Waals surface area contributed by atoms with Gasteiger partial charge in [0.05, 0.1) is 17.7 Å². The third kappa shape index (κ3) is 4.92. The van der Waals surface area contributed by atoms with E-state index in [1.165, 1.54) is 22.9 Å². The molecule has 2 heterocycles. The number of rotatable bonds is 7. The number of nitrogens with one attached hydrogen (secondary N) is 1. The van der Waals surface area contributed by atoms with Crippen LogP contribution in [0.4, 0.5) is 14.5 Å². The first-order valence-electron chi connectivity index (χ1n) is 10.8. The maximum atomic E-state index is 14.7. The normalized spacial score (nSPS) is 17.6. The van der Waals surface area contributed by atoms with Crippen LogP contribution >= 0.6 is 0 Å². The summed E-state index contributed by atoms with van der Waals surface area (Å²) in [7, 11) is 0. The molecule has 0 unspecified atom stereocenters. The Balaban J connectivity index is 1.54. The van der Waals surface area contributed by atoms with E-state index in [4.69, 9.17) is 10.8 Å². The number of alkyl halides is 1. The Labute approximate surface area is 203 Å². The van der Waals surface area contributed by atoms with E-state index in [1.807, 2.05) is 0 Å². The number of carbonyl (C=O) groups excluding carboxylic acids is 3. The molecule has 0 spiro atoms. The predicted molar refractivity (Wildman–Crippen MR) is 125 cm³/mol. The number of benzene rings is 2. The van der Waals surface area contributed by atoms with Crippen molar-refractivity contribution < 1.29 is 33.1 Å². The molecule has 10 nitrogen and oxygen atoms in total. The second-order valence-electron chi connectivity index (χ2n) is 8.15. The Bertz CT molecular complexity index is 1400. The van der Waals surface area contributed by atoms with Crippen LogP contribution in [-0.4, -0.2) is 62.2 Å². The minimum atomic E-state index is -1.48. The Morgan fingerprint density at radius 3 is 2.64 bits per heavy atom. The number of hydrogen-bond donors (Lipinski definition) is 3. The molecule has 4 N–H and O–H groups in total. The van der Waals surface area contributed by atoms with Crippen molar-refractivity contribution in [2.45, 2.75) is 25.2 Å². The van der Waals surface area contributed by atoms with Gasteiger partial charge in [-0.2, -0.15) is 5.10 Å². The van der Waals surface area contributed by atoms with Gasteiger partial charge in [0, 0.05) is 23.4 Å². The molecule has 12 heteroatoms. The van der Waals surface area contributed by atoms with Gasteiger partial charge in [0.1, 0.15) is 18.8 Å². The number of primary amides is 1. The van der Waals surface area contributed by atoms with Crippen LogP contribution in [0.25, 0.3) is 17.0 Å². The number of halogens is 2. The van der Waals surface area contributed by atoms with Gasteiger partial charge in [0.15, 0.2) is 11.5 Å². The first kappa shape index (κ1) is 24.5. The molecule has 2 aromatic carbocycles. The van der Waals surface area contributed by atoms with Crippen molar-refractivity contribution in [3.05, 3.63) is 65.6 Å². The van der Waals surface area contributed by atoms with E-state index >= 15 is 0 Å². The molecule has 1 saturated heterocycles. The molecular formula is C24H21F2N5O5. The molecule has 1 fully saturated rings. The van der Waals surface area contributed by atoms with Crippen molar-refractivity contribution in [1.82, 2.24) is 14.7 Å². The number of fused-ring (bicyclic) bond motifs is 1. The van der Waals surface area contributed by atoms with Crippen molar-refractivity contribution in [3.63, 3.8) is 0 Å². The van der Waals surface area contributed by atoms with Crippen LogP contribution in [0.15, 0.2) is 48.5 Å². The third-order valence-electron chi connectivity index (χ3n) is 5.74. The van der Waals surface area contributed by atoms with Gasteiger partial charge in [-0.1, -0.05) is 30.3 Å². The highest BCUT2D eigenvalue weighted by molar-refractivity contribution is 6.04. The predicted octanol–water partition coefficient (Wildman–Crippen LogP) is 1.95. The second-order valence-corrected chi connectivity index (χ2v) is 8.15. The van der Waals surface area contributed by atoms with Crippen molar-refractivity contribution >= 4 is 46.4 Å². The third-order valence-corrected chi connectivity index (χ3v) is 5.74. The van der Waals surface area contributed by atoms with E-state index in [1.54, 1.807) is 24.3 Å². The van der Waals surface area contributed by atoms with Gasteiger partial charge >= 0.3 is 5.97 Å². The quantitative estimate of drug-likeness (QED) is 0.425. The van der Waals surface area contributed by atoms with Gasteiger partial charge in [-0.05, 0) is 18.2 Å². The summed E-state index contributed by atoms with van der Waals surface area (Å²) in [6.07, 6.45) is 0.0161. The fraction of sp³-hybridized carbons (Fsp3) is 0.208. The summed E-state index contributed by atoms with van der Waals surface area (Å²) in [6.45, 7) is -0.725. The SMILES string of the molecule is NC(=O)c1nn(CC(=O)N2C[C@H](F)C[C@H]2C(=O)Nc2cccc(C=CC(=O)O)c2F)c2ccccc12. The smallest absolute Gasteiger partial charge is 0.328 e. The number of carboxylic acids is 1. The number of hydrogen-bond acceptors (Lipinski definition) is 5. The van der Waals surface area contributed by atoms with Gasteiger partial charge in [-0.3, -0.25) is 19.1 Å². The molecule has 1 aliphatic rings. The summed E-state index contributed by atoms with van der Waals surface area (Å²) < 4.78 is 30.3. The van der Waals surface area contributed by atoms with E-state index < -0.39 is 41.7 Å². The maximum Gasteiger partial charge on any atom is 0.328 e. The Hall–Kier alpha value is -4.61. The Morgan fingerprint density at radius 2 is 1.92 bits per heavy atom. The van der Waals surface area contributed by atoms with E-state index in [2.05, 4.69) is 10.4 Å². The topological polar surface area (TPSA) is 148 Å². The fourth-order valence-corrected chi connectivity index (χ4v) is 4.11. The summed E-state index contributed by atoms with van der Waals surface area (Å²) in [5.74, 6) is -4.35. The molecule has 0 aliphatic carbocycles. The van der Waals surface area contributed by atoms with Gasteiger partial charge < -0.3 is 21.1 Å². The molecular weight excluding hydrogens is 476 g/mol. The molecule has 0 bridgehead atoms. The fourth-order valence-electron chi connectivity index (χ4n) is 4.11. The van der Waals surface area contributed by atoms with Crippen molar-refractivity contribution in [1.29, 1.82) is 0 Å². The molecule has 0 saturated carbocycles. The van der Waals surface area contributed by atoms with Crippen molar-refractivity contribution in [2.24, 2.45) is 5.73 Å². The molecule has 3 aromatic rings. The zero-order valence-corrected chi connectivity index (χ0v) is 18.7. The highest BCUT2D eigenvalue weighted by Crippen LogP contribution is 2.25. The summed E-state index contributed by atoms with van der Waals surface area (Å²) >= 11 is 0. The number of amides is 3. The number of likely N-dealkylation sites (tertiary alicyclic amines) is 1. The van der Waals surface area contributed by atoms with E-state index in [-0.39, 0.29) is 36.5 Å². The lowest BCUT2D eigenvalue weighted by Crippen LogP contribution is -2.44. The largest absolute Gasteiger partial charge is 0.478 e. The van der Waals surface area contributed by atoms with Crippen molar-refractivity contribution in [2.75, 3.05) is 11.9 Å². The average molecular weight is 497 g/mol. The highest BCUT2D eigenvalue weighted by Gasteiger charge is 2.40. The number of carbonyl (C=O) groups is 4. The number of carboxylic acid groups (broad SMARTS) is 1. The van der Waals surface area contributed by atoms with Gasteiger partial charge in [0.2, 0.25) is 11.8 Å². The molecule has 2 atom stereocenters. The van der Waals surface area contributed by atoms with Crippen LogP contribution < -0.4 is 11.1 Å². The van der Waals surface area contributed by atoms with Crippen LogP contribution in [-0.2, 0) is 20.9 Å². The monoisotopic (exact) mass is 497 g/mol. The van der Waals surface area contributed by atoms with E-state index in [9.17, 15) is 28.0 Å². The zero-order valence-electron chi connectivity index (χ0n) is 18.7. The molecule has 3 amide bonds. The standard InChI is InChI=1S/C24H21F2N5O5/c25-14-10-18(24(36)28-16-6-3-4-13(21(16)26)8-9-20(33)34)30(11-14)19(32)12-31-17-7-2-1-5-15(17)22(29-31)23(27)35/h1-9,14,18H,10-12H2,(H2,27,35)(H,28,36)(H,33,34)/t14-,18+/m1/s1. The summed E-state index contributed by atoms with van der Waals surface area (Å²) in [5.41, 5.74) is 5.50. The second kappa shape index (κ2) is 9.94. The average Bonchev–Trinajstić information content (AvgIpc) is 3.40. The van der Waals surface area contributed by atoms with Gasteiger partial charge in [0.25, 0.3) is 5.91 Å². The highest BCUT2D eigenvalue weighted by atomic mass is 19.1. The Kier molecular flexibility index (Phi) is 6.77. The minimum Gasteiger partial charge on any atom is -0.478 e. The number of para-hydroxylation sites is 1. The van der Waals surface area contributed by atoms with Gasteiger partial charge in [-0.25, -0.2) is 13.6 Å². The maximum absolute atomic E-state index is 14.7. The molecule has 186 valence electrons. The van der Waals surface area contributed by atoms with Crippen LogP contribution in [0.3, 0.4) is 0 Å². The lowest BCUT2D eigenvalue weighted by atomic mass is 10.1. The molecule has 0 radical (unpaired) electrons. The number of aromatic nitrogens is 2. The van der Waals surface area contributed by atoms with Crippen LogP contribution in [0.5, 0.6) is 0 Å². The van der Waals surface area contributed by atoms with Crippen molar-refractivity contribution in [3.8, 4) is 0 Å². The number of aliphatic carboxylic acids is 1. The lowest BCUT2D eigenvalue weighted by molar-refractivity contribution is -0.137. The van der Waals surface area contributed by atoms with E-state index in [0.29, 0.717) is 10.9 Å². The first-order valence-corrected chi connectivity index (χ1v) is 10.8. The van der Waals surface area contributed by atoms with Crippen LogP contribution in [0.1, 0.15) is 22.5 Å². The summed E-state index contributed by atoms with van der Waals surface area (Å²) in [5, 5.41) is 15.7. The number of nitrogens with two attached hydrogens (primary N) is 1. The van der Waals surface area contributed by atoms with Crippen LogP contribution in [0, 0.1) is 5.82 Å². The van der Waals surface area contributed by atoms with Gasteiger partial charge in [-0.15, -0.1) is 0 Å². The minimum absolute atomic E-state index is 0.0233.